The lowest BCUT2D eigenvalue weighted by Crippen LogP contribution is -2.61. The number of nitrogens with one attached hydrogen (secondary N) is 1. The highest BCUT2D eigenvalue weighted by molar-refractivity contribution is 5.89. The van der Waals surface area contributed by atoms with Gasteiger partial charge in [0.05, 0.1) is 5.41 Å². The molecule has 4 rings (SSSR count). The van der Waals surface area contributed by atoms with Gasteiger partial charge in [-0.15, -0.1) is 0 Å². The lowest BCUT2D eigenvalue weighted by atomic mass is 9.63. The summed E-state index contributed by atoms with van der Waals surface area (Å²) in [5, 5.41) is 3.29. The van der Waals surface area contributed by atoms with E-state index in [9.17, 15) is 9.18 Å². The Morgan fingerprint density at radius 1 is 1.07 bits per heavy atom. The number of likely N-dealkylation sites (tertiary alicyclic amines) is 1. The molecule has 148 valence electrons. The third-order valence-corrected chi connectivity index (χ3v) is 7.05. The molecule has 2 saturated heterocycles. The van der Waals surface area contributed by atoms with Crippen molar-refractivity contribution in [2.24, 2.45) is 0 Å². The lowest BCUT2D eigenvalue weighted by Gasteiger charge is -2.49. The molecule has 0 spiro atoms. The van der Waals surface area contributed by atoms with Gasteiger partial charge in [-0.3, -0.25) is 9.69 Å². The molecule has 1 N–H and O–H groups in total. The summed E-state index contributed by atoms with van der Waals surface area (Å²) in [5.41, 5.74) is 0.294. The number of rotatable bonds is 5. The first-order valence-electron chi connectivity index (χ1n) is 10.5. The highest BCUT2D eigenvalue weighted by Crippen LogP contribution is 2.44. The van der Waals surface area contributed by atoms with Crippen LogP contribution in [0.3, 0.4) is 0 Å². The second-order valence-corrected chi connectivity index (χ2v) is 8.51. The number of amides is 1. The van der Waals surface area contributed by atoms with E-state index in [4.69, 9.17) is 4.74 Å². The normalized spacial score (nSPS) is 24.8. The van der Waals surface area contributed by atoms with Crippen LogP contribution in [0.5, 0.6) is 0 Å². The van der Waals surface area contributed by atoms with Crippen molar-refractivity contribution in [1.82, 2.24) is 10.2 Å². The van der Waals surface area contributed by atoms with E-state index in [1.54, 1.807) is 6.07 Å². The van der Waals surface area contributed by atoms with Gasteiger partial charge in [0.25, 0.3) is 0 Å². The molecule has 2 aliphatic heterocycles. The van der Waals surface area contributed by atoms with Crippen LogP contribution in [0.15, 0.2) is 24.3 Å². The molecule has 0 radical (unpaired) electrons. The van der Waals surface area contributed by atoms with E-state index in [0.29, 0.717) is 6.54 Å². The zero-order valence-corrected chi connectivity index (χ0v) is 16.1. The number of halogens is 1. The Hall–Kier alpha value is -1.46. The quantitative estimate of drug-likeness (QED) is 0.859. The Labute approximate surface area is 161 Å². The van der Waals surface area contributed by atoms with Crippen molar-refractivity contribution in [3.05, 3.63) is 35.6 Å². The van der Waals surface area contributed by atoms with Gasteiger partial charge in [-0.25, -0.2) is 4.39 Å². The number of carbonyl (C=O) groups is 1. The van der Waals surface area contributed by atoms with E-state index < -0.39 is 5.41 Å². The molecule has 1 aromatic carbocycles. The van der Waals surface area contributed by atoms with Crippen LogP contribution >= 0.6 is 0 Å². The smallest absolute Gasteiger partial charge is 0.230 e. The van der Waals surface area contributed by atoms with Gasteiger partial charge in [-0.1, -0.05) is 25.0 Å². The van der Waals surface area contributed by atoms with E-state index in [0.717, 1.165) is 64.0 Å². The van der Waals surface area contributed by atoms with Crippen LogP contribution in [0.4, 0.5) is 4.39 Å². The topological polar surface area (TPSA) is 41.6 Å². The molecule has 1 saturated carbocycles. The van der Waals surface area contributed by atoms with Crippen molar-refractivity contribution >= 4 is 5.91 Å². The average Bonchev–Trinajstić information content (AvgIpc) is 2.67. The van der Waals surface area contributed by atoms with Crippen molar-refractivity contribution in [2.45, 2.75) is 62.3 Å². The Morgan fingerprint density at radius 2 is 1.81 bits per heavy atom. The van der Waals surface area contributed by atoms with Crippen LogP contribution in [0.2, 0.25) is 0 Å². The monoisotopic (exact) mass is 374 g/mol. The zero-order valence-electron chi connectivity index (χ0n) is 16.1. The van der Waals surface area contributed by atoms with E-state index in [1.165, 1.54) is 31.4 Å². The van der Waals surface area contributed by atoms with Crippen molar-refractivity contribution in [3.8, 4) is 0 Å². The predicted octanol–water partition coefficient (Wildman–Crippen LogP) is 3.40. The summed E-state index contributed by atoms with van der Waals surface area (Å²) < 4.78 is 19.4. The number of ether oxygens (including phenoxy) is 1. The Kier molecular flexibility index (Phi) is 5.51. The molecule has 1 aliphatic carbocycles. The van der Waals surface area contributed by atoms with E-state index in [1.807, 2.05) is 6.07 Å². The molecule has 0 unspecified atom stereocenters. The molecule has 1 aromatic rings. The van der Waals surface area contributed by atoms with Crippen LogP contribution in [-0.4, -0.2) is 49.2 Å². The number of piperidine rings is 1. The molecule has 2 heterocycles. The first-order valence-corrected chi connectivity index (χ1v) is 10.5. The van der Waals surface area contributed by atoms with Crippen molar-refractivity contribution in [2.75, 3.05) is 32.8 Å². The second-order valence-electron chi connectivity index (χ2n) is 8.51. The van der Waals surface area contributed by atoms with Gasteiger partial charge in [0.1, 0.15) is 5.82 Å². The number of nitrogens with zero attached hydrogens (tertiary/aromatic N) is 1. The maximum atomic E-state index is 13.7. The number of benzene rings is 1. The molecule has 0 atom stereocenters. The third kappa shape index (κ3) is 3.64. The van der Waals surface area contributed by atoms with Gasteiger partial charge in [0, 0.05) is 25.3 Å². The fraction of sp³-hybridized carbons (Fsp3) is 0.682. The van der Waals surface area contributed by atoms with Crippen LogP contribution in [-0.2, 0) is 14.9 Å². The van der Waals surface area contributed by atoms with Gasteiger partial charge in [-0.05, 0) is 69.3 Å². The molecule has 3 aliphatic rings. The summed E-state index contributed by atoms with van der Waals surface area (Å²) >= 11 is 0. The summed E-state index contributed by atoms with van der Waals surface area (Å²) in [6, 6.07) is 6.59. The fourth-order valence-electron chi connectivity index (χ4n) is 5.10. The second kappa shape index (κ2) is 7.88. The molecule has 1 amide bonds. The number of carbonyl (C=O) groups excluding carboxylic acids is 1. The lowest BCUT2D eigenvalue weighted by molar-refractivity contribution is -0.131. The van der Waals surface area contributed by atoms with Crippen LogP contribution in [0.1, 0.15) is 56.9 Å². The van der Waals surface area contributed by atoms with Gasteiger partial charge in [0.2, 0.25) is 5.91 Å². The third-order valence-electron chi connectivity index (χ3n) is 7.05. The first-order chi connectivity index (χ1) is 13.1. The average molecular weight is 375 g/mol. The molecule has 0 aromatic heterocycles. The molecule has 3 fully saturated rings. The molecule has 27 heavy (non-hydrogen) atoms. The van der Waals surface area contributed by atoms with Gasteiger partial charge >= 0.3 is 0 Å². The minimum Gasteiger partial charge on any atom is -0.381 e. The molecule has 4 nitrogen and oxygen atoms in total. The summed E-state index contributed by atoms with van der Waals surface area (Å²) in [4.78, 5) is 15.8. The zero-order chi connectivity index (χ0) is 18.7. The summed E-state index contributed by atoms with van der Waals surface area (Å²) in [6.07, 6.45) is 8.37. The van der Waals surface area contributed by atoms with Gasteiger partial charge in [-0.2, -0.15) is 0 Å². The number of hydrogen-bond acceptors (Lipinski definition) is 3. The Morgan fingerprint density at radius 3 is 2.44 bits per heavy atom. The van der Waals surface area contributed by atoms with E-state index >= 15 is 0 Å². The minimum atomic E-state index is -0.545. The molecular weight excluding hydrogens is 343 g/mol. The van der Waals surface area contributed by atoms with E-state index in [2.05, 4.69) is 10.2 Å². The summed E-state index contributed by atoms with van der Waals surface area (Å²) in [5.74, 6) is -0.192. The minimum absolute atomic E-state index is 0.0151. The Balaban J connectivity index is 1.49. The molecular formula is C22H31FN2O2. The Bertz CT molecular complexity index is 662. The van der Waals surface area contributed by atoms with Crippen LogP contribution in [0.25, 0.3) is 0 Å². The maximum absolute atomic E-state index is 13.7. The van der Waals surface area contributed by atoms with Crippen molar-refractivity contribution in [3.63, 3.8) is 0 Å². The van der Waals surface area contributed by atoms with Crippen molar-refractivity contribution in [1.29, 1.82) is 0 Å². The number of hydrogen-bond donors (Lipinski definition) is 1. The van der Waals surface area contributed by atoms with Gasteiger partial charge < -0.3 is 10.1 Å². The molecule has 5 heteroatoms. The maximum Gasteiger partial charge on any atom is 0.230 e. The first kappa shape index (κ1) is 18.9. The predicted molar refractivity (Wildman–Crippen MR) is 103 cm³/mol. The summed E-state index contributed by atoms with van der Waals surface area (Å²) in [7, 11) is 0. The largest absolute Gasteiger partial charge is 0.381 e. The SMILES string of the molecule is O=C(NCC1(N2CCCCC2)CCOCC1)C1(c2cccc(F)c2)CCC1. The summed E-state index contributed by atoms with van der Waals surface area (Å²) in [6.45, 7) is 4.44. The highest BCUT2D eigenvalue weighted by Gasteiger charge is 2.47. The molecule has 0 bridgehead atoms. The van der Waals surface area contributed by atoms with Gasteiger partial charge in [0.15, 0.2) is 0 Å². The van der Waals surface area contributed by atoms with Crippen LogP contribution < -0.4 is 5.32 Å². The van der Waals surface area contributed by atoms with Crippen molar-refractivity contribution < 1.29 is 13.9 Å². The fourth-order valence-corrected chi connectivity index (χ4v) is 5.10. The van der Waals surface area contributed by atoms with Crippen LogP contribution in [0, 0.1) is 5.82 Å². The standard InChI is InChI=1S/C22H31FN2O2/c23-19-7-4-6-18(16-19)22(8-5-9-22)20(26)24-17-21(10-14-27-15-11-21)25-12-2-1-3-13-25/h4,6-7,16H,1-3,5,8-15,17H2,(H,24,26). The highest BCUT2D eigenvalue weighted by atomic mass is 19.1. The van der Waals surface area contributed by atoms with E-state index in [-0.39, 0.29) is 17.3 Å².